The van der Waals surface area contributed by atoms with E-state index in [0.717, 1.165) is 5.56 Å². The molecule has 0 saturated heterocycles. The predicted molar refractivity (Wildman–Crippen MR) is 92.4 cm³/mol. The minimum Gasteiger partial charge on any atom is -0.325 e. The summed E-state index contributed by atoms with van der Waals surface area (Å²) in [6, 6.07) is 11.2. The van der Waals surface area contributed by atoms with Crippen LogP contribution in [0.1, 0.15) is 12.0 Å². The van der Waals surface area contributed by atoms with Crippen LogP contribution in [0.2, 0.25) is 10.0 Å². The molecule has 2 rings (SSSR count). The fourth-order valence-corrected chi connectivity index (χ4v) is 2.42. The van der Waals surface area contributed by atoms with Crippen LogP contribution in [0.5, 0.6) is 0 Å². The zero-order valence-electron chi connectivity index (χ0n) is 12.7. The Labute approximate surface area is 145 Å². The summed E-state index contributed by atoms with van der Waals surface area (Å²) in [5.41, 5.74) is 1.50. The van der Waals surface area contributed by atoms with Gasteiger partial charge in [0.25, 0.3) is 0 Å². The Morgan fingerprint density at radius 2 is 1.87 bits per heavy atom. The minimum absolute atomic E-state index is 0.139. The lowest BCUT2D eigenvalue weighted by Crippen LogP contribution is -2.24. The van der Waals surface area contributed by atoms with E-state index in [1.54, 1.807) is 30.3 Å². The molecule has 2 aromatic rings. The molecule has 3 nitrogen and oxygen atoms in total. The highest BCUT2D eigenvalue weighted by atomic mass is 35.5. The Morgan fingerprint density at radius 1 is 1.17 bits per heavy atom. The molecule has 0 aliphatic carbocycles. The van der Waals surface area contributed by atoms with Gasteiger partial charge in [0.2, 0.25) is 5.91 Å². The largest absolute Gasteiger partial charge is 0.325 e. The van der Waals surface area contributed by atoms with E-state index < -0.39 is 0 Å². The molecule has 1 amide bonds. The number of benzene rings is 2. The minimum atomic E-state index is -0.255. The van der Waals surface area contributed by atoms with Crippen molar-refractivity contribution in [3.8, 4) is 0 Å². The van der Waals surface area contributed by atoms with Gasteiger partial charge in [0.15, 0.2) is 0 Å². The lowest BCUT2D eigenvalue weighted by atomic mass is 10.2. The quantitative estimate of drug-likeness (QED) is 0.822. The zero-order chi connectivity index (χ0) is 16.8. The van der Waals surface area contributed by atoms with Crippen molar-refractivity contribution in [1.82, 2.24) is 4.90 Å². The van der Waals surface area contributed by atoms with E-state index in [9.17, 15) is 9.18 Å². The number of carbonyl (C=O) groups excluding carboxylic acids is 1. The lowest BCUT2D eigenvalue weighted by Gasteiger charge is -2.16. The third kappa shape index (κ3) is 5.82. The van der Waals surface area contributed by atoms with Crippen LogP contribution in [0.25, 0.3) is 0 Å². The molecule has 1 N–H and O–H groups in total. The van der Waals surface area contributed by atoms with Crippen molar-refractivity contribution in [3.63, 3.8) is 0 Å². The first kappa shape index (κ1) is 17.7. The predicted octanol–water partition coefficient (Wildman–Crippen LogP) is 4.59. The van der Waals surface area contributed by atoms with Gasteiger partial charge >= 0.3 is 0 Å². The topological polar surface area (TPSA) is 32.3 Å². The molecule has 0 aromatic heterocycles. The molecule has 0 saturated carbocycles. The Hall–Kier alpha value is -1.62. The van der Waals surface area contributed by atoms with Gasteiger partial charge in [0.05, 0.1) is 10.7 Å². The zero-order valence-corrected chi connectivity index (χ0v) is 14.2. The van der Waals surface area contributed by atoms with E-state index in [0.29, 0.717) is 35.2 Å². The van der Waals surface area contributed by atoms with Gasteiger partial charge in [-0.05, 0) is 42.9 Å². The fraction of sp³-hybridized carbons (Fsp3) is 0.235. The van der Waals surface area contributed by atoms with Crippen LogP contribution in [0.3, 0.4) is 0 Å². The normalized spacial score (nSPS) is 10.8. The number of anilines is 1. The standard InChI is InChI=1S/C17H17Cl2FN2O/c1-22(11-12-2-5-14(20)6-3-12)9-8-17(23)21-16-10-13(18)4-7-15(16)19/h2-7,10H,8-9,11H2,1H3,(H,21,23). The molecular formula is C17H17Cl2FN2O. The smallest absolute Gasteiger partial charge is 0.225 e. The summed E-state index contributed by atoms with van der Waals surface area (Å²) in [6.45, 7) is 1.22. The van der Waals surface area contributed by atoms with Gasteiger partial charge in [-0.25, -0.2) is 4.39 Å². The third-order valence-corrected chi connectivity index (χ3v) is 3.85. The van der Waals surface area contributed by atoms with E-state index >= 15 is 0 Å². The number of nitrogens with one attached hydrogen (secondary N) is 1. The first-order valence-corrected chi connectivity index (χ1v) is 7.87. The van der Waals surface area contributed by atoms with E-state index in [2.05, 4.69) is 5.32 Å². The first-order chi connectivity index (χ1) is 10.9. The molecule has 0 aliphatic heterocycles. The summed E-state index contributed by atoms with van der Waals surface area (Å²) < 4.78 is 12.9. The van der Waals surface area contributed by atoms with Gasteiger partial charge in [-0.15, -0.1) is 0 Å². The molecular weight excluding hydrogens is 338 g/mol. The SMILES string of the molecule is CN(CCC(=O)Nc1cc(Cl)ccc1Cl)Cc1ccc(F)cc1. The van der Waals surface area contributed by atoms with Crippen molar-refractivity contribution in [2.75, 3.05) is 18.9 Å². The molecule has 122 valence electrons. The van der Waals surface area contributed by atoms with E-state index in [1.807, 2.05) is 11.9 Å². The van der Waals surface area contributed by atoms with Crippen molar-refractivity contribution >= 4 is 34.8 Å². The second-order valence-corrected chi connectivity index (χ2v) is 6.13. The maximum absolute atomic E-state index is 12.9. The molecule has 0 aliphatic rings. The molecule has 2 aromatic carbocycles. The summed E-state index contributed by atoms with van der Waals surface area (Å²) in [4.78, 5) is 14.0. The van der Waals surface area contributed by atoms with Crippen LogP contribution >= 0.6 is 23.2 Å². The van der Waals surface area contributed by atoms with Crippen LogP contribution in [0.15, 0.2) is 42.5 Å². The Kier molecular flexibility index (Phi) is 6.39. The first-order valence-electron chi connectivity index (χ1n) is 7.12. The fourth-order valence-electron chi connectivity index (χ4n) is 2.08. The van der Waals surface area contributed by atoms with Crippen molar-refractivity contribution in [2.45, 2.75) is 13.0 Å². The molecule has 0 heterocycles. The number of halogens is 3. The van der Waals surface area contributed by atoms with Crippen LogP contribution in [0, 0.1) is 5.82 Å². The average molecular weight is 355 g/mol. The summed E-state index contributed by atoms with van der Waals surface area (Å²) >= 11 is 11.9. The highest BCUT2D eigenvalue weighted by molar-refractivity contribution is 6.35. The number of rotatable bonds is 6. The molecule has 0 spiro atoms. The average Bonchev–Trinajstić information content (AvgIpc) is 2.51. The molecule has 0 unspecified atom stereocenters. The van der Waals surface area contributed by atoms with Crippen molar-refractivity contribution < 1.29 is 9.18 Å². The third-order valence-electron chi connectivity index (χ3n) is 3.29. The van der Waals surface area contributed by atoms with Crippen LogP contribution in [-0.4, -0.2) is 24.4 Å². The molecule has 6 heteroatoms. The Balaban J connectivity index is 1.81. The maximum atomic E-state index is 12.9. The van der Waals surface area contributed by atoms with Crippen molar-refractivity contribution in [3.05, 3.63) is 63.9 Å². The Bertz CT molecular complexity index is 677. The van der Waals surface area contributed by atoms with Crippen molar-refractivity contribution in [2.24, 2.45) is 0 Å². The van der Waals surface area contributed by atoms with Gasteiger partial charge in [-0.3, -0.25) is 4.79 Å². The number of nitrogens with zero attached hydrogens (tertiary/aromatic N) is 1. The van der Waals surface area contributed by atoms with Crippen LogP contribution in [-0.2, 0) is 11.3 Å². The molecule has 0 bridgehead atoms. The summed E-state index contributed by atoms with van der Waals surface area (Å²) in [5.74, 6) is -0.394. The second-order valence-electron chi connectivity index (χ2n) is 5.29. The van der Waals surface area contributed by atoms with Crippen LogP contribution in [0.4, 0.5) is 10.1 Å². The van der Waals surface area contributed by atoms with Gasteiger partial charge < -0.3 is 10.2 Å². The lowest BCUT2D eigenvalue weighted by molar-refractivity contribution is -0.116. The van der Waals surface area contributed by atoms with Gasteiger partial charge in [0.1, 0.15) is 5.82 Å². The number of carbonyl (C=O) groups is 1. The molecule has 0 atom stereocenters. The number of hydrogen-bond donors (Lipinski definition) is 1. The van der Waals surface area contributed by atoms with Crippen molar-refractivity contribution in [1.29, 1.82) is 0 Å². The maximum Gasteiger partial charge on any atom is 0.225 e. The number of hydrogen-bond acceptors (Lipinski definition) is 2. The molecule has 0 radical (unpaired) electrons. The van der Waals surface area contributed by atoms with Gasteiger partial charge in [-0.1, -0.05) is 35.3 Å². The van der Waals surface area contributed by atoms with Crippen LogP contribution < -0.4 is 5.32 Å². The van der Waals surface area contributed by atoms with Gasteiger partial charge in [0, 0.05) is 24.5 Å². The van der Waals surface area contributed by atoms with Gasteiger partial charge in [-0.2, -0.15) is 0 Å². The summed E-state index contributed by atoms with van der Waals surface area (Å²) in [5, 5.41) is 3.70. The molecule has 23 heavy (non-hydrogen) atoms. The summed E-state index contributed by atoms with van der Waals surface area (Å²) in [7, 11) is 1.91. The highest BCUT2D eigenvalue weighted by Gasteiger charge is 2.08. The highest BCUT2D eigenvalue weighted by Crippen LogP contribution is 2.25. The van der Waals surface area contributed by atoms with E-state index in [-0.39, 0.29) is 11.7 Å². The van der Waals surface area contributed by atoms with E-state index in [4.69, 9.17) is 23.2 Å². The van der Waals surface area contributed by atoms with E-state index in [1.165, 1.54) is 12.1 Å². The molecule has 0 fully saturated rings. The second kappa shape index (κ2) is 8.29. The number of amides is 1. The Morgan fingerprint density at radius 3 is 2.57 bits per heavy atom. The monoisotopic (exact) mass is 354 g/mol. The summed E-state index contributed by atoms with van der Waals surface area (Å²) in [6.07, 6.45) is 0.320.